The Morgan fingerprint density at radius 3 is 1.76 bits per heavy atom. The minimum atomic E-state index is 0.484. The van der Waals surface area contributed by atoms with Crippen molar-refractivity contribution in [3.63, 3.8) is 0 Å². The fourth-order valence-electron chi connectivity index (χ4n) is 4.24. The van der Waals surface area contributed by atoms with Crippen LogP contribution >= 0.6 is 0 Å². The summed E-state index contributed by atoms with van der Waals surface area (Å²) in [7, 11) is 0. The molecule has 1 aromatic heterocycles. The van der Waals surface area contributed by atoms with Crippen molar-refractivity contribution >= 4 is 0 Å². The normalized spacial score (nSPS) is 11.4. The first kappa shape index (κ1) is 23.7. The van der Waals surface area contributed by atoms with Gasteiger partial charge in [-0.25, -0.2) is 9.13 Å². The van der Waals surface area contributed by atoms with E-state index in [-0.39, 0.29) is 0 Å². The molecule has 2 heteroatoms. The largest absolute Gasteiger partial charge is 0.289 e. The van der Waals surface area contributed by atoms with Crippen molar-refractivity contribution in [1.82, 2.24) is 4.57 Å². The molecular weight excluding hydrogens is 352 g/mol. The van der Waals surface area contributed by atoms with Crippen molar-refractivity contribution in [2.24, 2.45) is 0 Å². The van der Waals surface area contributed by atoms with Crippen LogP contribution < -0.4 is 4.57 Å². The van der Waals surface area contributed by atoms with Crippen LogP contribution in [0, 0.1) is 0 Å². The number of aryl methyl sites for hydroxylation is 1. The summed E-state index contributed by atoms with van der Waals surface area (Å²) in [6.45, 7) is 7.95. The second-order valence-electron chi connectivity index (χ2n) is 8.92. The molecule has 162 valence electrons. The van der Waals surface area contributed by atoms with Crippen molar-refractivity contribution in [1.29, 1.82) is 0 Å². The van der Waals surface area contributed by atoms with Gasteiger partial charge in [0.25, 0.3) is 5.82 Å². The van der Waals surface area contributed by atoms with Crippen LogP contribution in [0.4, 0.5) is 0 Å². The van der Waals surface area contributed by atoms with Crippen LogP contribution in [0.25, 0.3) is 11.4 Å². The van der Waals surface area contributed by atoms with Gasteiger partial charge in [0.05, 0.1) is 18.2 Å². The Labute approximate surface area is 180 Å². The van der Waals surface area contributed by atoms with Gasteiger partial charge in [-0.3, -0.25) is 0 Å². The molecule has 0 aliphatic heterocycles. The van der Waals surface area contributed by atoms with E-state index in [1.54, 1.807) is 0 Å². The van der Waals surface area contributed by atoms with Crippen molar-refractivity contribution < 1.29 is 4.57 Å². The highest BCUT2D eigenvalue weighted by Crippen LogP contribution is 2.20. The van der Waals surface area contributed by atoms with E-state index in [9.17, 15) is 0 Å². The summed E-state index contributed by atoms with van der Waals surface area (Å²) in [6.07, 6.45) is 22.9. The van der Waals surface area contributed by atoms with E-state index < -0.39 is 0 Å². The third-order valence-corrected chi connectivity index (χ3v) is 6.01. The van der Waals surface area contributed by atoms with Gasteiger partial charge in [-0.15, -0.1) is 0 Å². The number of imidazole rings is 1. The smallest absolute Gasteiger partial charge is 0.230 e. The molecule has 2 aromatic rings. The number of aromatic nitrogens is 2. The van der Waals surface area contributed by atoms with Gasteiger partial charge in [0.15, 0.2) is 0 Å². The number of hydrogen-bond donors (Lipinski definition) is 0. The van der Waals surface area contributed by atoms with E-state index >= 15 is 0 Å². The Kier molecular flexibility index (Phi) is 11.8. The van der Waals surface area contributed by atoms with Crippen LogP contribution in [0.15, 0.2) is 42.7 Å². The molecule has 0 aliphatic rings. The lowest BCUT2D eigenvalue weighted by atomic mass is 10.0. The number of unbranched alkanes of at least 4 members (excludes halogenated alkanes) is 12. The van der Waals surface area contributed by atoms with E-state index in [1.165, 1.54) is 94.9 Å². The Bertz CT molecular complexity index is 642. The first-order chi connectivity index (χ1) is 14.2. The second-order valence-corrected chi connectivity index (χ2v) is 8.92. The Balaban J connectivity index is 1.61. The summed E-state index contributed by atoms with van der Waals surface area (Å²) < 4.78 is 4.85. The van der Waals surface area contributed by atoms with Crippen molar-refractivity contribution in [2.45, 2.75) is 117 Å². The fraction of sp³-hybridized carbons (Fsp3) is 0.667. The molecule has 0 bridgehead atoms. The first-order valence-electron chi connectivity index (χ1n) is 12.4. The molecule has 0 unspecified atom stereocenters. The summed E-state index contributed by atoms with van der Waals surface area (Å²) >= 11 is 0. The van der Waals surface area contributed by atoms with Crippen LogP contribution in [-0.2, 0) is 6.54 Å². The van der Waals surface area contributed by atoms with Gasteiger partial charge in [-0.05, 0) is 38.8 Å². The molecule has 0 radical (unpaired) electrons. The van der Waals surface area contributed by atoms with Crippen molar-refractivity contribution in [2.75, 3.05) is 0 Å². The van der Waals surface area contributed by atoms with Crippen LogP contribution in [0.1, 0.15) is 110 Å². The van der Waals surface area contributed by atoms with Gasteiger partial charge < -0.3 is 0 Å². The standard InChI is InChI=1S/C27H45N2/c1-4-5-6-7-8-9-10-11-12-13-14-15-19-22-28-23-24-29(25(2)3)27(28)26-20-17-16-18-21-26/h16-18,20-21,23-25H,4-15,19,22H2,1-3H3/q+1. The lowest BCUT2D eigenvalue weighted by Crippen LogP contribution is -2.35. The van der Waals surface area contributed by atoms with Gasteiger partial charge in [-0.2, -0.15) is 0 Å². The third kappa shape index (κ3) is 8.76. The summed E-state index contributed by atoms with van der Waals surface area (Å²) in [4.78, 5) is 0. The molecule has 1 heterocycles. The molecular formula is C27H45N2+. The molecule has 0 saturated carbocycles. The Hall–Kier alpha value is -1.57. The van der Waals surface area contributed by atoms with Gasteiger partial charge in [-0.1, -0.05) is 95.8 Å². The predicted octanol–water partition coefficient (Wildman–Crippen LogP) is 8.11. The molecule has 2 rings (SSSR count). The van der Waals surface area contributed by atoms with E-state index in [2.05, 4.69) is 72.6 Å². The SMILES string of the molecule is CCCCCCCCCCCCCCC[n+]1ccn(C(C)C)c1-c1ccccc1. The number of rotatable bonds is 16. The van der Waals surface area contributed by atoms with Crippen molar-refractivity contribution in [3.8, 4) is 11.4 Å². The number of hydrogen-bond acceptors (Lipinski definition) is 0. The van der Waals surface area contributed by atoms with E-state index in [4.69, 9.17) is 0 Å². The summed E-state index contributed by atoms with van der Waals surface area (Å²) in [5.41, 5.74) is 1.32. The molecule has 1 aromatic carbocycles. The Morgan fingerprint density at radius 1 is 0.724 bits per heavy atom. The van der Waals surface area contributed by atoms with Crippen LogP contribution in [0.2, 0.25) is 0 Å². The van der Waals surface area contributed by atoms with Gasteiger partial charge in [0.1, 0.15) is 12.4 Å². The molecule has 29 heavy (non-hydrogen) atoms. The average molecular weight is 398 g/mol. The zero-order chi connectivity index (χ0) is 20.7. The fourth-order valence-corrected chi connectivity index (χ4v) is 4.24. The summed E-state index contributed by atoms with van der Waals surface area (Å²) in [5.74, 6) is 1.35. The second kappa shape index (κ2) is 14.4. The predicted molar refractivity (Wildman–Crippen MR) is 126 cm³/mol. The van der Waals surface area contributed by atoms with Crippen LogP contribution in [-0.4, -0.2) is 4.57 Å². The van der Waals surface area contributed by atoms with E-state index in [1.807, 2.05) is 0 Å². The summed E-state index contributed by atoms with van der Waals surface area (Å²) in [5, 5.41) is 0. The maximum absolute atomic E-state index is 2.45. The minimum absolute atomic E-state index is 0.484. The highest BCUT2D eigenvalue weighted by Gasteiger charge is 2.20. The third-order valence-electron chi connectivity index (χ3n) is 6.01. The van der Waals surface area contributed by atoms with Gasteiger partial charge >= 0.3 is 0 Å². The molecule has 2 nitrogen and oxygen atoms in total. The molecule has 0 saturated heterocycles. The number of benzene rings is 1. The lowest BCUT2D eigenvalue weighted by Gasteiger charge is -2.08. The quantitative estimate of drug-likeness (QED) is 0.200. The van der Waals surface area contributed by atoms with E-state index in [0.29, 0.717) is 6.04 Å². The molecule has 0 amide bonds. The van der Waals surface area contributed by atoms with Crippen LogP contribution in [0.3, 0.4) is 0 Å². The minimum Gasteiger partial charge on any atom is -0.230 e. The highest BCUT2D eigenvalue weighted by atomic mass is 15.2. The molecule has 0 fully saturated rings. The highest BCUT2D eigenvalue weighted by molar-refractivity contribution is 5.52. The zero-order valence-corrected chi connectivity index (χ0v) is 19.4. The first-order valence-corrected chi connectivity index (χ1v) is 12.4. The molecule has 0 N–H and O–H groups in total. The molecule has 0 atom stereocenters. The maximum atomic E-state index is 2.45. The van der Waals surface area contributed by atoms with Crippen LogP contribution in [0.5, 0.6) is 0 Å². The zero-order valence-electron chi connectivity index (χ0n) is 19.4. The molecule has 0 spiro atoms. The average Bonchev–Trinajstić information content (AvgIpc) is 3.16. The topological polar surface area (TPSA) is 8.81 Å². The van der Waals surface area contributed by atoms with Gasteiger partial charge in [0.2, 0.25) is 0 Å². The lowest BCUT2D eigenvalue weighted by molar-refractivity contribution is -0.686. The van der Waals surface area contributed by atoms with Crippen molar-refractivity contribution in [3.05, 3.63) is 42.7 Å². The molecule has 0 aliphatic carbocycles. The Morgan fingerprint density at radius 2 is 1.24 bits per heavy atom. The number of nitrogens with zero attached hydrogens (tertiary/aromatic N) is 2. The maximum Gasteiger partial charge on any atom is 0.289 e. The summed E-state index contributed by atoms with van der Waals surface area (Å²) in [6, 6.07) is 11.3. The van der Waals surface area contributed by atoms with Gasteiger partial charge in [0, 0.05) is 0 Å². The monoisotopic (exact) mass is 397 g/mol. The van der Waals surface area contributed by atoms with E-state index in [0.717, 1.165) is 6.54 Å².